The number of carbonyl (C=O) groups is 1. The second kappa shape index (κ2) is 6.58. The molecule has 4 heteroatoms. The molecule has 1 atom stereocenters. The van der Waals surface area contributed by atoms with Gasteiger partial charge in [-0.3, -0.25) is 9.69 Å². The Labute approximate surface area is 122 Å². The molecule has 0 bridgehead atoms. The van der Waals surface area contributed by atoms with Crippen molar-refractivity contribution in [1.29, 1.82) is 5.26 Å². The van der Waals surface area contributed by atoms with Crippen molar-refractivity contribution in [2.75, 3.05) is 26.2 Å². The van der Waals surface area contributed by atoms with Crippen LogP contribution >= 0.6 is 0 Å². The normalized spacial score (nSPS) is 24.4. The number of piperazine rings is 1. The van der Waals surface area contributed by atoms with Crippen LogP contribution in [0.3, 0.4) is 0 Å². The van der Waals surface area contributed by atoms with Gasteiger partial charge in [0.1, 0.15) is 0 Å². The fourth-order valence-electron chi connectivity index (χ4n) is 3.77. The van der Waals surface area contributed by atoms with E-state index >= 15 is 0 Å². The molecular weight excluding hydrogens is 250 g/mol. The highest BCUT2D eigenvalue weighted by molar-refractivity contribution is 5.83. The predicted molar refractivity (Wildman–Crippen MR) is 79.0 cm³/mol. The van der Waals surface area contributed by atoms with E-state index in [2.05, 4.69) is 29.7 Å². The molecule has 0 radical (unpaired) electrons. The molecule has 0 N–H and O–H groups in total. The summed E-state index contributed by atoms with van der Waals surface area (Å²) in [4.78, 5) is 17.1. The minimum atomic E-state index is -0.0679. The van der Waals surface area contributed by atoms with Crippen molar-refractivity contribution in [2.45, 2.75) is 58.4 Å². The van der Waals surface area contributed by atoms with Crippen molar-refractivity contribution >= 4 is 5.91 Å². The zero-order chi connectivity index (χ0) is 14.6. The van der Waals surface area contributed by atoms with E-state index in [0.29, 0.717) is 5.91 Å². The Morgan fingerprint density at radius 3 is 2.25 bits per heavy atom. The van der Waals surface area contributed by atoms with Crippen molar-refractivity contribution in [3.8, 4) is 6.07 Å². The van der Waals surface area contributed by atoms with Gasteiger partial charge in [-0.1, -0.05) is 26.7 Å². The van der Waals surface area contributed by atoms with Gasteiger partial charge in [-0.25, -0.2) is 0 Å². The maximum atomic E-state index is 12.8. The van der Waals surface area contributed by atoms with Crippen LogP contribution in [0.4, 0.5) is 0 Å². The second-order valence-electron chi connectivity index (χ2n) is 6.22. The third kappa shape index (κ3) is 2.83. The Hall–Kier alpha value is -1.08. The van der Waals surface area contributed by atoms with Crippen LogP contribution < -0.4 is 0 Å². The Morgan fingerprint density at radius 1 is 1.20 bits per heavy atom. The highest BCUT2D eigenvalue weighted by Crippen LogP contribution is 2.42. The maximum Gasteiger partial charge on any atom is 0.228 e. The summed E-state index contributed by atoms with van der Waals surface area (Å²) in [6, 6.07) is 2.37. The first-order valence-electron chi connectivity index (χ1n) is 8.10. The molecule has 2 fully saturated rings. The number of nitrogens with zero attached hydrogens (tertiary/aromatic N) is 3. The van der Waals surface area contributed by atoms with E-state index in [0.717, 1.165) is 51.9 Å². The molecule has 1 amide bonds. The molecule has 1 aliphatic carbocycles. The third-order valence-electron chi connectivity index (χ3n) is 5.27. The lowest BCUT2D eigenvalue weighted by molar-refractivity contribution is -0.144. The number of hydrogen-bond donors (Lipinski definition) is 0. The van der Waals surface area contributed by atoms with Gasteiger partial charge in [-0.05, 0) is 25.7 Å². The summed E-state index contributed by atoms with van der Waals surface area (Å²) < 4.78 is 0. The molecule has 1 aliphatic heterocycles. The first kappa shape index (κ1) is 15.3. The van der Waals surface area contributed by atoms with Gasteiger partial charge in [0.15, 0.2) is 0 Å². The molecule has 0 aromatic heterocycles. The van der Waals surface area contributed by atoms with Crippen LogP contribution in [0, 0.1) is 16.7 Å². The summed E-state index contributed by atoms with van der Waals surface area (Å²) >= 11 is 0. The van der Waals surface area contributed by atoms with E-state index in [9.17, 15) is 4.79 Å². The summed E-state index contributed by atoms with van der Waals surface area (Å²) in [6.07, 6.45) is 6.37. The summed E-state index contributed by atoms with van der Waals surface area (Å²) in [7, 11) is 0. The molecule has 0 spiro atoms. The smallest absolute Gasteiger partial charge is 0.228 e. The van der Waals surface area contributed by atoms with Gasteiger partial charge >= 0.3 is 0 Å². The van der Waals surface area contributed by atoms with Gasteiger partial charge in [-0.15, -0.1) is 0 Å². The van der Waals surface area contributed by atoms with E-state index in [4.69, 9.17) is 5.26 Å². The van der Waals surface area contributed by atoms with Crippen LogP contribution in [0.15, 0.2) is 0 Å². The van der Waals surface area contributed by atoms with Crippen LogP contribution in [0.5, 0.6) is 0 Å². The van der Waals surface area contributed by atoms with Crippen molar-refractivity contribution < 1.29 is 4.79 Å². The number of carbonyl (C=O) groups excluding carboxylic acids is 1. The summed E-state index contributed by atoms with van der Waals surface area (Å²) in [6.45, 7) is 7.48. The van der Waals surface area contributed by atoms with Crippen molar-refractivity contribution in [2.24, 2.45) is 5.41 Å². The second-order valence-corrected chi connectivity index (χ2v) is 6.22. The largest absolute Gasteiger partial charge is 0.340 e. The summed E-state index contributed by atoms with van der Waals surface area (Å²) in [5.74, 6) is 0.377. The van der Waals surface area contributed by atoms with Gasteiger partial charge in [-0.2, -0.15) is 5.26 Å². The average Bonchev–Trinajstić information content (AvgIpc) is 2.98. The standard InChI is InChI=1S/C16H27N3O/c1-3-14(13-17)18-9-11-19(12-10-18)15(20)16(4-2)7-5-6-8-16/h14H,3-12H2,1-2H3. The Balaban J connectivity index is 1.93. The number of rotatable bonds is 4. The molecule has 1 saturated heterocycles. The van der Waals surface area contributed by atoms with E-state index in [-0.39, 0.29) is 11.5 Å². The fourth-order valence-corrected chi connectivity index (χ4v) is 3.77. The van der Waals surface area contributed by atoms with Gasteiger partial charge in [0.25, 0.3) is 0 Å². The van der Waals surface area contributed by atoms with Crippen LogP contribution in [0.1, 0.15) is 52.4 Å². The number of hydrogen-bond acceptors (Lipinski definition) is 3. The molecule has 20 heavy (non-hydrogen) atoms. The quantitative estimate of drug-likeness (QED) is 0.793. The minimum Gasteiger partial charge on any atom is -0.340 e. The maximum absolute atomic E-state index is 12.8. The summed E-state index contributed by atoms with van der Waals surface area (Å²) in [5, 5.41) is 9.13. The summed E-state index contributed by atoms with van der Waals surface area (Å²) in [5.41, 5.74) is -0.0679. The topological polar surface area (TPSA) is 47.3 Å². The predicted octanol–water partition coefficient (Wildman–Crippen LogP) is 2.40. The molecular formula is C16H27N3O. The Morgan fingerprint density at radius 2 is 1.80 bits per heavy atom. The van der Waals surface area contributed by atoms with Gasteiger partial charge in [0.05, 0.1) is 12.1 Å². The highest BCUT2D eigenvalue weighted by atomic mass is 16.2. The molecule has 112 valence electrons. The van der Waals surface area contributed by atoms with E-state index in [1.54, 1.807) is 0 Å². The molecule has 4 nitrogen and oxygen atoms in total. The molecule has 0 aromatic rings. The van der Waals surface area contributed by atoms with Crippen molar-refractivity contribution in [1.82, 2.24) is 9.80 Å². The number of amides is 1. The van der Waals surface area contributed by atoms with Crippen LogP contribution in [0.25, 0.3) is 0 Å². The van der Waals surface area contributed by atoms with Crippen LogP contribution in [-0.2, 0) is 4.79 Å². The lowest BCUT2D eigenvalue weighted by Gasteiger charge is -2.40. The monoisotopic (exact) mass is 277 g/mol. The molecule has 2 rings (SSSR count). The minimum absolute atomic E-state index is 0.0128. The van der Waals surface area contributed by atoms with E-state index in [1.807, 2.05) is 0 Å². The van der Waals surface area contributed by atoms with E-state index < -0.39 is 0 Å². The Kier molecular flexibility index (Phi) is 5.04. The zero-order valence-electron chi connectivity index (χ0n) is 12.9. The molecule has 1 unspecified atom stereocenters. The van der Waals surface area contributed by atoms with Crippen molar-refractivity contribution in [3.63, 3.8) is 0 Å². The van der Waals surface area contributed by atoms with E-state index in [1.165, 1.54) is 12.8 Å². The Bertz CT molecular complexity index is 374. The average molecular weight is 277 g/mol. The highest BCUT2D eigenvalue weighted by Gasteiger charge is 2.42. The molecule has 1 saturated carbocycles. The molecule has 0 aromatic carbocycles. The van der Waals surface area contributed by atoms with Gasteiger partial charge in [0, 0.05) is 31.6 Å². The van der Waals surface area contributed by atoms with Gasteiger partial charge in [0.2, 0.25) is 5.91 Å². The zero-order valence-corrected chi connectivity index (χ0v) is 12.9. The lowest BCUT2D eigenvalue weighted by Crippen LogP contribution is -2.54. The van der Waals surface area contributed by atoms with Gasteiger partial charge < -0.3 is 4.90 Å². The number of nitriles is 1. The SMILES string of the molecule is CCC(C#N)N1CCN(C(=O)C2(CC)CCCC2)CC1. The molecule has 2 aliphatic rings. The van der Waals surface area contributed by atoms with Crippen LogP contribution in [-0.4, -0.2) is 47.9 Å². The van der Waals surface area contributed by atoms with Crippen LogP contribution in [0.2, 0.25) is 0 Å². The first-order chi connectivity index (χ1) is 9.66. The van der Waals surface area contributed by atoms with Crippen molar-refractivity contribution in [3.05, 3.63) is 0 Å². The first-order valence-corrected chi connectivity index (χ1v) is 8.10. The third-order valence-corrected chi connectivity index (χ3v) is 5.27. The fraction of sp³-hybridized carbons (Fsp3) is 0.875. The molecule has 1 heterocycles. The lowest BCUT2D eigenvalue weighted by atomic mass is 9.81.